The smallest absolute Gasteiger partial charge is 0.332 e. The average Bonchev–Trinajstić information content (AvgIpc) is 2.55. The highest BCUT2D eigenvalue weighted by Gasteiger charge is 2.11. The van der Waals surface area contributed by atoms with Gasteiger partial charge in [0.05, 0.1) is 6.21 Å². The van der Waals surface area contributed by atoms with Gasteiger partial charge >= 0.3 is 5.69 Å². The number of hydrogen-bond donors (Lipinski definition) is 2. The number of anilines is 1. The summed E-state index contributed by atoms with van der Waals surface area (Å²) in [5.74, 6) is -0.442. The molecule has 1 heterocycles. The lowest BCUT2D eigenvalue weighted by molar-refractivity contribution is 0.0955. The molecule has 8 nitrogen and oxygen atoms in total. The lowest BCUT2D eigenvalue weighted by Gasteiger charge is -2.08. The van der Waals surface area contributed by atoms with Gasteiger partial charge in [0.25, 0.3) is 11.5 Å². The van der Waals surface area contributed by atoms with Gasteiger partial charge < -0.3 is 5.73 Å². The van der Waals surface area contributed by atoms with E-state index in [0.717, 1.165) is 15.3 Å². The molecular formula is C14H15N5O3. The van der Waals surface area contributed by atoms with Gasteiger partial charge in [0.1, 0.15) is 11.4 Å². The zero-order valence-electron chi connectivity index (χ0n) is 12.1. The molecule has 8 heteroatoms. The number of aromatic nitrogens is 2. The quantitative estimate of drug-likeness (QED) is 0.584. The Morgan fingerprint density at radius 3 is 2.45 bits per heavy atom. The summed E-state index contributed by atoms with van der Waals surface area (Å²) >= 11 is 0. The summed E-state index contributed by atoms with van der Waals surface area (Å²) in [5.41, 5.74) is 7.36. The van der Waals surface area contributed by atoms with Crippen LogP contribution >= 0.6 is 0 Å². The van der Waals surface area contributed by atoms with E-state index < -0.39 is 17.2 Å². The Bertz CT molecular complexity index is 849. The van der Waals surface area contributed by atoms with Crippen molar-refractivity contribution in [3.8, 4) is 0 Å². The molecule has 114 valence electrons. The SMILES string of the molecule is Cn1c(N)c(/C=N/NC(=O)c2ccccc2)c(=O)n(C)c1=O. The molecule has 1 aromatic carbocycles. The lowest BCUT2D eigenvalue weighted by Crippen LogP contribution is -2.40. The van der Waals surface area contributed by atoms with Gasteiger partial charge in [-0.3, -0.25) is 18.7 Å². The maximum Gasteiger partial charge on any atom is 0.332 e. The fourth-order valence-corrected chi connectivity index (χ4v) is 1.82. The summed E-state index contributed by atoms with van der Waals surface area (Å²) < 4.78 is 2.04. The number of hydrogen-bond acceptors (Lipinski definition) is 5. The van der Waals surface area contributed by atoms with Gasteiger partial charge in [-0.15, -0.1) is 0 Å². The number of nitrogens with one attached hydrogen (secondary N) is 1. The minimum Gasteiger partial charge on any atom is -0.384 e. The second-order valence-electron chi connectivity index (χ2n) is 4.57. The first kappa shape index (κ1) is 15.2. The molecule has 0 spiro atoms. The van der Waals surface area contributed by atoms with Crippen LogP contribution in [0.25, 0.3) is 0 Å². The van der Waals surface area contributed by atoms with Gasteiger partial charge in [-0.05, 0) is 12.1 Å². The van der Waals surface area contributed by atoms with Crippen LogP contribution in [0, 0.1) is 0 Å². The molecule has 3 N–H and O–H groups in total. The molecule has 0 atom stereocenters. The summed E-state index contributed by atoms with van der Waals surface area (Å²) in [5, 5.41) is 3.72. The second-order valence-corrected chi connectivity index (χ2v) is 4.57. The fourth-order valence-electron chi connectivity index (χ4n) is 1.82. The van der Waals surface area contributed by atoms with E-state index in [4.69, 9.17) is 5.73 Å². The van der Waals surface area contributed by atoms with E-state index in [1.165, 1.54) is 14.1 Å². The molecule has 0 saturated heterocycles. The van der Waals surface area contributed by atoms with Gasteiger partial charge in [-0.2, -0.15) is 5.10 Å². The van der Waals surface area contributed by atoms with Crippen LogP contribution in [0.1, 0.15) is 15.9 Å². The number of rotatable bonds is 3. The summed E-state index contributed by atoms with van der Waals surface area (Å²) in [7, 11) is 2.78. The number of carbonyl (C=O) groups excluding carboxylic acids is 1. The number of nitrogens with two attached hydrogens (primary N) is 1. The Morgan fingerprint density at radius 1 is 1.18 bits per heavy atom. The minimum absolute atomic E-state index is 0.0224. The van der Waals surface area contributed by atoms with Crippen molar-refractivity contribution in [2.45, 2.75) is 0 Å². The van der Waals surface area contributed by atoms with Crippen molar-refractivity contribution in [1.82, 2.24) is 14.6 Å². The van der Waals surface area contributed by atoms with Crippen LogP contribution in [0.4, 0.5) is 5.82 Å². The van der Waals surface area contributed by atoms with Crippen molar-refractivity contribution in [2.75, 3.05) is 5.73 Å². The molecule has 0 fully saturated rings. The van der Waals surface area contributed by atoms with E-state index in [0.29, 0.717) is 5.56 Å². The van der Waals surface area contributed by atoms with E-state index in [-0.39, 0.29) is 11.4 Å². The highest BCUT2D eigenvalue weighted by molar-refractivity contribution is 5.95. The molecule has 0 radical (unpaired) electrons. The van der Waals surface area contributed by atoms with Crippen LogP contribution in [0.15, 0.2) is 45.0 Å². The molecule has 1 aromatic heterocycles. The lowest BCUT2D eigenvalue weighted by atomic mass is 10.2. The molecule has 2 rings (SSSR count). The van der Waals surface area contributed by atoms with Gasteiger partial charge in [0.2, 0.25) is 0 Å². The van der Waals surface area contributed by atoms with E-state index in [9.17, 15) is 14.4 Å². The Hall–Kier alpha value is -3.16. The Kier molecular flexibility index (Phi) is 4.21. The Labute approximate surface area is 125 Å². The van der Waals surface area contributed by atoms with E-state index >= 15 is 0 Å². The normalized spacial score (nSPS) is 10.8. The van der Waals surface area contributed by atoms with Crippen LogP contribution in [0.5, 0.6) is 0 Å². The molecule has 2 aromatic rings. The predicted octanol–water partition coefficient (Wildman–Crippen LogP) is -0.570. The molecule has 0 unspecified atom stereocenters. The monoisotopic (exact) mass is 301 g/mol. The van der Waals surface area contributed by atoms with Gasteiger partial charge in [0.15, 0.2) is 0 Å². The van der Waals surface area contributed by atoms with Crippen molar-refractivity contribution >= 4 is 17.9 Å². The Balaban J connectivity index is 2.27. The second kappa shape index (κ2) is 6.08. The van der Waals surface area contributed by atoms with Crippen molar-refractivity contribution in [2.24, 2.45) is 19.2 Å². The number of nitrogen functional groups attached to an aromatic ring is 1. The standard InChI is InChI=1S/C14H15N5O3/c1-18-11(15)10(13(21)19(2)14(18)22)8-16-17-12(20)9-6-4-3-5-7-9/h3-8H,15H2,1-2H3,(H,17,20)/b16-8+. The number of nitrogens with zero attached hydrogens (tertiary/aromatic N) is 3. The van der Waals surface area contributed by atoms with Crippen LogP contribution in [-0.4, -0.2) is 21.3 Å². The molecule has 0 aliphatic carbocycles. The molecule has 1 amide bonds. The highest BCUT2D eigenvalue weighted by atomic mass is 16.2. The number of benzene rings is 1. The van der Waals surface area contributed by atoms with Crippen LogP contribution in [0.3, 0.4) is 0 Å². The number of carbonyl (C=O) groups is 1. The molecular weight excluding hydrogens is 286 g/mol. The van der Waals surface area contributed by atoms with Crippen LogP contribution < -0.4 is 22.4 Å². The summed E-state index contributed by atoms with van der Waals surface area (Å²) in [6, 6.07) is 8.49. The molecule has 0 bridgehead atoms. The maximum atomic E-state index is 12.0. The van der Waals surface area contributed by atoms with Crippen molar-refractivity contribution in [3.05, 3.63) is 62.3 Å². The van der Waals surface area contributed by atoms with E-state index in [1.807, 2.05) is 0 Å². The van der Waals surface area contributed by atoms with Crippen LogP contribution in [0.2, 0.25) is 0 Å². The van der Waals surface area contributed by atoms with Crippen molar-refractivity contribution < 1.29 is 4.79 Å². The third kappa shape index (κ3) is 2.80. The largest absolute Gasteiger partial charge is 0.384 e. The number of hydrazone groups is 1. The third-order valence-corrected chi connectivity index (χ3v) is 3.14. The van der Waals surface area contributed by atoms with Gasteiger partial charge in [-0.1, -0.05) is 18.2 Å². The summed E-state index contributed by atoms with van der Waals surface area (Å²) in [4.78, 5) is 35.4. The van der Waals surface area contributed by atoms with E-state index in [2.05, 4.69) is 10.5 Å². The first-order valence-corrected chi connectivity index (χ1v) is 6.37. The van der Waals surface area contributed by atoms with Crippen molar-refractivity contribution in [1.29, 1.82) is 0 Å². The van der Waals surface area contributed by atoms with Crippen molar-refractivity contribution in [3.63, 3.8) is 0 Å². The maximum absolute atomic E-state index is 12.0. The highest BCUT2D eigenvalue weighted by Crippen LogP contribution is 2.00. The molecule has 0 aliphatic heterocycles. The summed E-state index contributed by atoms with van der Waals surface area (Å²) in [6.07, 6.45) is 1.12. The average molecular weight is 301 g/mol. The Morgan fingerprint density at radius 2 is 1.82 bits per heavy atom. The molecule has 22 heavy (non-hydrogen) atoms. The van der Waals surface area contributed by atoms with Gasteiger partial charge in [0, 0.05) is 19.7 Å². The zero-order chi connectivity index (χ0) is 16.3. The minimum atomic E-state index is -0.585. The van der Waals surface area contributed by atoms with E-state index in [1.54, 1.807) is 30.3 Å². The van der Waals surface area contributed by atoms with Gasteiger partial charge in [-0.25, -0.2) is 10.2 Å². The fraction of sp³-hybridized carbons (Fsp3) is 0.143. The molecule has 0 saturated carbocycles. The summed E-state index contributed by atoms with van der Waals surface area (Å²) in [6.45, 7) is 0. The topological polar surface area (TPSA) is 111 Å². The first-order chi connectivity index (χ1) is 10.4. The predicted molar refractivity (Wildman–Crippen MR) is 82.8 cm³/mol. The van der Waals surface area contributed by atoms with Crippen LogP contribution in [-0.2, 0) is 14.1 Å². The third-order valence-electron chi connectivity index (χ3n) is 3.14. The molecule has 0 aliphatic rings. The number of amides is 1. The first-order valence-electron chi connectivity index (χ1n) is 6.37. The zero-order valence-corrected chi connectivity index (χ0v) is 12.1.